The van der Waals surface area contributed by atoms with E-state index >= 15 is 0 Å². The Balaban J connectivity index is 1.76. The van der Waals surface area contributed by atoms with Crippen molar-refractivity contribution in [2.75, 3.05) is 19.7 Å². The molecular formula is C15H20N2O4. The van der Waals surface area contributed by atoms with Crippen LogP contribution in [0.5, 0.6) is 5.75 Å². The van der Waals surface area contributed by atoms with Crippen LogP contribution in [0.2, 0.25) is 0 Å². The van der Waals surface area contributed by atoms with Crippen molar-refractivity contribution in [1.29, 1.82) is 0 Å². The number of carboxylic acid groups (broad SMARTS) is 1. The van der Waals surface area contributed by atoms with E-state index in [2.05, 4.69) is 5.32 Å². The van der Waals surface area contributed by atoms with Gasteiger partial charge in [0.25, 0.3) is 0 Å². The first-order valence-electron chi connectivity index (χ1n) is 7.04. The number of carbonyl (C=O) groups excluding carboxylic acids is 1. The summed E-state index contributed by atoms with van der Waals surface area (Å²) >= 11 is 0. The number of para-hydroxylation sites is 1. The number of nitrogens with zero attached hydrogens (tertiary/aromatic N) is 1. The number of benzene rings is 1. The third-order valence-corrected chi connectivity index (χ3v) is 3.60. The lowest BCUT2D eigenvalue weighted by atomic mass is 10.0. The molecule has 0 aromatic heterocycles. The molecule has 0 bridgehead atoms. The first-order valence-corrected chi connectivity index (χ1v) is 7.04. The number of hydrogen-bond acceptors (Lipinski definition) is 3. The van der Waals surface area contributed by atoms with Crippen LogP contribution in [0.25, 0.3) is 0 Å². The predicted octanol–water partition coefficient (Wildman–Crippen LogP) is 1.57. The minimum Gasteiger partial charge on any atom is -0.492 e. The molecule has 0 aliphatic carbocycles. The highest BCUT2D eigenvalue weighted by Crippen LogP contribution is 2.23. The zero-order valence-electron chi connectivity index (χ0n) is 12.0. The molecule has 1 saturated heterocycles. The largest absolute Gasteiger partial charge is 0.492 e. The molecule has 2 atom stereocenters. The monoisotopic (exact) mass is 292 g/mol. The first kappa shape index (κ1) is 15.2. The summed E-state index contributed by atoms with van der Waals surface area (Å²) in [6.07, 6.45) is 0.713. The van der Waals surface area contributed by atoms with Gasteiger partial charge in [-0.2, -0.15) is 0 Å². The van der Waals surface area contributed by atoms with Gasteiger partial charge >= 0.3 is 12.0 Å². The Kier molecular flexibility index (Phi) is 5.03. The molecule has 1 fully saturated rings. The van der Waals surface area contributed by atoms with Gasteiger partial charge in [0.1, 0.15) is 18.4 Å². The van der Waals surface area contributed by atoms with E-state index in [4.69, 9.17) is 4.74 Å². The van der Waals surface area contributed by atoms with E-state index in [1.54, 1.807) is 0 Å². The number of ether oxygens (including phenoxy) is 1. The molecule has 1 aromatic carbocycles. The molecule has 6 heteroatoms. The summed E-state index contributed by atoms with van der Waals surface area (Å²) in [4.78, 5) is 24.6. The van der Waals surface area contributed by atoms with Gasteiger partial charge in [0.05, 0.1) is 6.54 Å². The number of nitrogens with one attached hydrogen (secondary N) is 1. The minimum atomic E-state index is -0.948. The third-order valence-electron chi connectivity index (χ3n) is 3.60. The van der Waals surface area contributed by atoms with Crippen LogP contribution in [-0.4, -0.2) is 47.7 Å². The summed E-state index contributed by atoms with van der Waals surface area (Å²) in [5, 5.41) is 11.9. The van der Waals surface area contributed by atoms with Crippen molar-refractivity contribution in [2.45, 2.75) is 19.4 Å². The van der Waals surface area contributed by atoms with Gasteiger partial charge in [-0.05, 0) is 24.5 Å². The Morgan fingerprint density at radius 3 is 2.76 bits per heavy atom. The fourth-order valence-corrected chi connectivity index (χ4v) is 2.50. The molecule has 0 saturated carbocycles. The van der Waals surface area contributed by atoms with E-state index in [1.165, 1.54) is 4.90 Å². The SMILES string of the molecule is CC1CCN(C(=O)NCCOc2ccccc2)C1C(=O)O. The fraction of sp³-hybridized carbons (Fsp3) is 0.467. The van der Waals surface area contributed by atoms with Crippen LogP contribution in [0.15, 0.2) is 30.3 Å². The van der Waals surface area contributed by atoms with E-state index in [9.17, 15) is 14.7 Å². The van der Waals surface area contributed by atoms with Crippen LogP contribution in [0.4, 0.5) is 4.79 Å². The lowest BCUT2D eigenvalue weighted by Crippen LogP contribution is -2.48. The quantitative estimate of drug-likeness (QED) is 0.807. The number of urea groups is 1. The third kappa shape index (κ3) is 3.87. The Bertz CT molecular complexity index is 492. The molecule has 1 aliphatic heterocycles. The Labute approximate surface area is 123 Å². The fourth-order valence-electron chi connectivity index (χ4n) is 2.50. The lowest BCUT2D eigenvalue weighted by Gasteiger charge is -2.23. The molecule has 1 aromatic rings. The van der Waals surface area contributed by atoms with E-state index in [1.807, 2.05) is 37.3 Å². The summed E-state index contributed by atoms with van der Waals surface area (Å²) < 4.78 is 5.46. The number of carboxylic acids is 1. The number of rotatable bonds is 5. The zero-order valence-corrected chi connectivity index (χ0v) is 12.0. The van der Waals surface area contributed by atoms with Crippen LogP contribution < -0.4 is 10.1 Å². The van der Waals surface area contributed by atoms with Gasteiger partial charge in [0.2, 0.25) is 0 Å². The van der Waals surface area contributed by atoms with Crippen molar-refractivity contribution >= 4 is 12.0 Å². The van der Waals surface area contributed by atoms with Gasteiger partial charge in [0.15, 0.2) is 0 Å². The summed E-state index contributed by atoms with van der Waals surface area (Å²) in [5.41, 5.74) is 0. The van der Waals surface area contributed by atoms with Crippen LogP contribution >= 0.6 is 0 Å². The van der Waals surface area contributed by atoms with Gasteiger partial charge in [0, 0.05) is 6.54 Å². The van der Waals surface area contributed by atoms with Crippen LogP contribution in [-0.2, 0) is 4.79 Å². The van der Waals surface area contributed by atoms with Crippen LogP contribution in [0.1, 0.15) is 13.3 Å². The highest BCUT2D eigenvalue weighted by Gasteiger charge is 2.39. The number of likely N-dealkylation sites (tertiary alicyclic amines) is 1. The van der Waals surface area contributed by atoms with Crippen molar-refractivity contribution in [3.05, 3.63) is 30.3 Å². The summed E-state index contributed by atoms with van der Waals surface area (Å²) in [5.74, 6) is -0.227. The average molecular weight is 292 g/mol. The first-order chi connectivity index (χ1) is 10.1. The zero-order chi connectivity index (χ0) is 15.2. The van der Waals surface area contributed by atoms with Crippen molar-refractivity contribution in [1.82, 2.24) is 10.2 Å². The highest BCUT2D eigenvalue weighted by molar-refractivity contribution is 5.83. The number of aliphatic carboxylic acids is 1. The smallest absolute Gasteiger partial charge is 0.326 e. The second-order valence-corrected chi connectivity index (χ2v) is 5.14. The van der Waals surface area contributed by atoms with Crippen LogP contribution in [0.3, 0.4) is 0 Å². The van der Waals surface area contributed by atoms with Crippen molar-refractivity contribution in [3.63, 3.8) is 0 Å². The molecule has 0 radical (unpaired) electrons. The van der Waals surface area contributed by atoms with E-state index in [0.717, 1.165) is 5.75 Å². The molecular weight excluding hydrogens is 272 g/mol. The number of hydrogen-bond donors (Lipinski definition) is 2. The molecule has 1 aliphatic rings. The van der Waals surface area contributed by atoms with E-state index in [0.29, 0.717) is 26.1 Å². The molecule has 114 valence electrons. The Morgan fingerprint density at radius 2 is 2.10 bits per heavy atom. The predicted molar refractivity (Wildman–Crippen MR) is 77.2 cm³/mol. The standard InChI is InChI=1S/C15H20N2O4/c1-11-7-9-17(13(11)14(18)19)15(20)16-8-10-21-12-5-3-2-4-6-12/h2-6,11,13H,7-10H2,1H3,(H,16,20)(H,18,19). The normalized spacial score (nSPS) is 21.1. The van der Waals surface area contributed by atoms with E-state index in [-0.39, 0.29) is 11.9 Å². The maximum absolute atomic E-state index is 12.0. The molecule has 21 heavy (non-hydrogen) atoms. The number of amides is 2. The molecule has 2 N–H and O–H groups in total. The molecule has 1 heterocycles. The van der Waals surface area contributed by atoms with Gasteiger partial charge in [-0.15, -0.1) is 0 Å². The Morgan fingerprint density at radius 1 is 1.38 bits per heavy atom. The Hall–Kier alpha value is -2.24. The second kappa shape index (κ2) is 6.97. The lowest BCUT2D eigenvalue weighted by molar-refractivity contribution is -0.142. The van der Waals surface area contributed by atoms with Gasteiger partial charge < -0.3 is 20.1 Å². The second-order valence-electron chi connectivity index (χ2n) is 5.14. The van der Waals surface area contributed by atoms with Gasteiger partial charge in [-0.3, -0.25) is 0 Å². The van der Waals surface area contributed by atoms with Crippen LogP contribution in [0, 0.1) is 5.92 Å². The van der Waals surface area contributed by atoms with Crippen molar-refractivity contribution < 1.29 is 19.4 Å². The molecule has 2 amide bonds. The van der Waals surface area contributed by atoms with E-state index < -0.39 is 12.0 Å². The summed E-state index contributed by atoms with van der Waals surface area (Å²) in [6, 6.07) is 8.24. The maximum atomic E-state index is 12.0. The summed E-state index contributed by atoms with van der Waals surface area (Å²) in [6.45, 7) is 3.01. The minimum absolute atomic E-state index is 0.0196. The van der Waals surface area contributed by atoms with Gasteiger partial charge in [-0.25, -0.2) is 9.59 Å². The highest BCUT2D eigenvalue weighted by atomic mass is 16.5. The number of carbonyl (C=O) groups is 2. The van der Waals surface area contributed by atoms with Gasteiger partial charge in [-0.1, -0.05) is 25.1 Å². The molecule has 2 rings (SSSR count). The van der Waals surface area contributed by atoms with Crippen molar-refractivity contribution in [3.8, 4) is 5.75 Å². The maximum Gasteiger partial charge on any atom is 0.326 e. The summed E-state index contributed by atoms with van der Waals surface area (Å²) in [7, 11) is 0. The molecule has 2 unspecified atom stereocenters. The topological polar surface area (TPSA) is 78.9 Å². The average Bonchev–Trinajstić information content (AvgIpc) is 2.86. The van der Waals surface area contributed by atoms with Crippen molar-refractivity contribution in [2.24, 2.45) is 5.92 Å². The molecule has 0 spiro atoms. The molecule has 6 nitrogen and oxygen atoms in total.